The first-order valence-electron chi connectivity index (χ1n) is 7.13. The summed E-state index contributed by atoms with van der Waals surface area (Å²) in [5.74, 6) is 0. The number of nitrogens with zero attached hydrogens (tertiary/aromatic N) is 1. The molecule has 19 heavy (non-hydrogen) atoms. The number of thiazole rings is 1. The molecule has 1 aliphatic rings. The van der Waals surface area contributed by atoms with Crippen LogP contribution in [0.4, 0.5) is 0 Å². The molecule has 0 radical (unpaired) electrons. The lowest BCUT2D eigenvalue weighted by molar-refractivity contribution is 0.742. The van der Waals surface area contributed by atoms with Crippen LogP contribution < -0.4 is 5.73 Å². The normalized spacial score (nSPS) is 13.7. The molecule has 0 spiro atoms. The number of aryl methyl sites for hydroxylation is 3. The van der Waals surface area contributed by atoms with Crippen LogP contribution in [-0.2, 0) is 19.3 Å². The zero-order valence-corrected chi connectivity index (χ0v) is 12.0. The standard InChI is InChI=1S/C16H20N2S/c17-9-2-1-6-16-18-15(11-19-16)14-8-7-12-4-3-5-13(12)10-14/h7-8,10-11H,1-6,9,17H2. The van der Waals surface area contributed by atoms with Crippen molar-refractivity contribution >= 4 is 11.3 Å². The smallest absolute Gasteiger partial charge is 0.0932 e. The fraction of sp³-hybridized carbons (Fsp3) is 0.438. The van der Waals surface area contributed by atoms with E-state index in [0.29, 0.717) is 0 Å². The molecule has 1 aromatic heterocycles. The summed E-state index contributed by atoms with van der Waals surface area (Å²) in [6.45, 7) is 0.781. The third kappa shape index (κ3) is 2.88. The first-order chi connectivity index (χ1) is 9.36. The first-order valence-corrected chi connectivity index (χ1v) is 8.01. The molecule has 2 N–H and O–H groups in total. The fourth-order valence-electron chi connectivity index (χ4n) is 2.71. The summed E-state index contributed by atoms with van der Waals surface area (Å²) in [5, 5.41) is 3.43. The van der Waals surface area contributed by atoms with Crippen molar-refractivity contribution in [3.05, 3.63) is 39.7 Å². The maximum Gasteiger partial charge on any atom is 0.0932 e. The molecule has 0 bridgehead atoms. The van der Waals surface area contributed by atoms with Crippen molar-refractivity contribution in [2.45, 2.75) is 38.5 Å². The number of hydrogen-bond donors (Lipinski definition) is 1. The van der Waals surface area contributed by atoms with Crippen LogP contribution in [0.25, 0.3) is 11.3 Å². The maximum absolute atomic E-state index is 5.52. The summed E-state index contributed by atoms with van der Waals surface area (Å²) in [6.07, 6.45) is 7.09. The Morgan fingerprint density at radius 2 is 2.05 bits per heavy atom. The molecule has 2 aromatic rings. The van der Waals surface area contributed by atoms with Gasteiger partial charge in [-0.1, -0.05) is 12.1 Å². The zero-order chi connectivity index (χ0) is 13.1. The van der Waals surface area contributed by atoms with Crippen LogP contribution in [0.5, 0.6) is 0 Å². The van der Waals surface area contributed by atoms with Crippen molar-refractivity contribution in [3.8, 4) is 11.3 Å². The number of aromatic nitrogens is 1. The Bertz CT molecular complexity index is 560. The number of fused-ring (bicyclic) bond motifs is 1. The van der Waals surface area contributed by atoms with Crippen LogP contribution in [0.2, 0.25) is 0 Å². The minimum absolute atomic E-state index is 0.781. The van der Waals surface area contributed by atoms with Gasteiger partial charge in [-0.15, -0.1) is 11.3 Å². The second-order valence-corrected chi connectivity index (χ2v) is 6.15. The number of benzene rings is 1. The Morgan fingerprint density at radius 1 is 1.16 bits per heavy atom. The van der Waals surface area contributed by atoms with Crippen molar-refractivity contribution in [1.29, 1.82) is 0 Å². The summed E-state index contributed by atoms with van der Waals surface area (Å²) < 4.78 is 0. The Morgan fingerprint density at radius 3 is 2.95 bits per heavy atom. The second-order valence-electron chi connectivity index (χ2n) is 5.21. The van der Waals surface area contributed by atoms with E-state index in [2.05, 4.69) is 23.6 Å². The summed E-state index contributed by atoms with van der Waals surface area (Å²) in [4.78, 5) is 4.76. The van der Waals surface area contributed by atoms with Gasteiger partial charge in [-0.05, 0) is 62.3 Å². The van der Waals surface area contributed by atoms with Crippen molar-refractivity contribution in [2.75, 3.05) is 6.54 Å². The third-order valence-electron chi connectivity index (χ3n) is 3.79. The largest absolute Gasteiger partial charge is 0.330 e. The minimum atomic E-state index is 0.781. The molecule has 3 heteroatoms. The Kier molecular flexibility index (Phi) is 3.95. The van der Waals surface area contributed by atoms with Crippen molar-refractivity contribution in [3.63, 3.8) is 0 Å². The summed E-state index contributed by atoms with van der Waals surface area (Å²) in [5.41, 5.74) is 11.0. The van der Waals surface area contributed by atoms with Gasteiger partial charge in [0.25, 0.3) is 0 Å². The molecule has 0 saturated heterocycles. The SMILES string of the molecule is NCCCCc1nc(-c2ccc3c(c2)CCC3)cs1. The van der Waals surface area contributed by atoms with Gasteiger partial charge in [0.2, 0.25) is 0 Å². The van der Waals surface area contributed by atoms with Crippen molar-refractivity contribution < 1.29 is 0 Å². The highest BCUT2D eigenvalue weighted by molar-refractivity contribution is 7.09. The average Bonchev–Trinajstić information content (AvgIpc) is 3.06. The van der Waals surface area contributed by atoms with Gasteiger partial charge in [-0.2, -0.15) is 0 Å². The van der Waals surface area contributed by atoms with E-state index >= 15 is 0 Å². The minimum Gasteiger partial charge on any atom is -0.330 e. The van der Waals surface area contributed by atoms with E-state index in [-0.39, 0.29) is 0 Å². The van der Waals surface area contributed by atoms with Gasteiger partial charge in [-0.3, -0.25) is 0 Å². The van der Waals surface area contributed by atoms with Gasteiger partial charge in [0.1, 0.15) is 0 Å². The number of nitrogens with two attached hydrogens (primary N) is 1. The topological polar surface area (TPSA) is 38.9 Å². The molecule has 2 nitrogen and oxygen atoms in total. The number of rotatable bonds is 5. The molecular formula is C16H20N2S. The molecule has 1 heterocycles. The molecule has 1 aromatic carbocycles. The molecule has 0 atom stereocenters. The Hall–Kier alpha value is -1.19. The van der Waals surface area contributed by atoms with Crippen LogP contribution in [0.15, 0.2) is 23.6 Å². The first kappa shape index (κ1) is 12.8. The van der Waals surface area contributed by atoms with E-state index in [1.54, 1.807) is 11.3 Å². The molecule has 0 unspecified atom stereocenters. The number of unbranched alkanes of at least 4 members (excludes halogenated alkanes) is 1. The third-order valence-corrected chi connectivity index (χ3v) is 4.70. The quantitative estimate of drug-likeness (QED) is 0.845. The lowest BCUT2D eigenvalue weighted by atomic mass is 10.1. The molecule has 3 rings (SSSR count). The zero-order valence-electron chi connectivity index (χ0n) is 11.2. The monoisotopic (exact) mass is 272 g/mol. The summed E-state index contributed by atoms with van der Waals surface area (Å²) in [7, 11) is 0. The van der Waals surface area contributed by atoms with Crippen LogP contribution in [0.1, 0.15) is 35.4 Å². The van der Waals surface area contributed by atoms with Crippen molar-refractivity contribution in [1.82, 2.24) is 4.98 Å². The van der Waals surface area contributed by atoms with Gasteiger partial charge in [-0.25, -0.2) is 4.98 Å². The van der Waals surface area contributed by atoms with Gasteiger partial charge in [0, 0.05) is 10.9 Å². The van der Waals surface area contributed by atoms with Crippen LogP contribution in [-0.4, -0.2) is 11.5 Å². The molecule has 0 saturated carbocycles. The fourth-order valence-corrected chi connectivity index (χ4v) is 3.56. The predicted molar refractivity (Wildman–Crippen MR) is 81.6 cm³/mol. The highest BCUT2D eigenvalue weighted by atomic mass is 32.1. The van der Waals surface area contributed by atoms with Gasteiger partial charge in [0.05, 0.1) is 10.7 Å². The van der Waals surface area contributed by atoms with E-state index in [9.17, 15) is 0 Å². The van der Waals surface area contributed by atoms with E-state index in [4.69, 9.17) is 10.7 Å². The molecule has 100 valence electrons. The van der Waals surface area contributed by atoms with Gasteiger partial charge < -0.3 is 5.73 Å². The molecular weight excluding hydrogens is 252 g/mol. The average molecular weight is 272 g/mol. The molecule has 0 amide bonds. The lowest BCUT2D eigenvalue weighted by Gasteiger charge is -2.02. The summed E-state index contributed by atoms with van der Waals surface area (Å²) in [6, 6.07) is 6.84. The predicted octanol–water partition coefficient (Wildman–Crippen LogP) is 3.58. The Labute approximate surface area is 118 Å². The lowest BCUT2D eigenvalue weighted by Crippen LogP contribution is -1.98. The van der Waals surface area contributed by atoms with E-state index < -0.39 is 0 Å². The highest BCUT2D eigenvalue weighted by Gasteiger charge is 2.12. The highest BCUT2D eigenvalue weighted by Crippen LogP contribution is 2.29. The molecule has 0 aliphatic heterocycles. The van der Waals surface area contributed by atoms with Crippen molar-refractivity contribution in [2.24, 2.45) is 5.73 Å². The van der Waals surface area contributed by atoms with Gasteiger partial charge >= 0.3 is 0 Å². The van der Waals surface area contributed by atoms with Crippen LogP contribution in [0, 0.1) is 0 Å². The maximum atomic E-state index is 5.52. The number of hydrogen-bond acceptors (Lipinski definition) is 3. The Balaban J connectivity index is 1.75. The molecule has 0 fully saturated rings. The van der Waals surface area contributed by atoms with Gasteiger partial charge in [0.15, 0.2) is 0 Å². The van der Waals surface area contributed by atoms with Crippen LogP contribution in [0.3, 0.4) is 0 Å². The summed E-state index contributed by atoms with van der Waals surface area (Å²) >= 11 is 1.78. The molecule has 1 aliphatic carbocycles. The van der Waals surface area contributed by atoms with E-state index in [0.717, 1.165) is 31.5 Å². The van der Waals surface area contributed by atoms with E-state index in [1.807, 2.05) is 0 Å². The van der Waals surface area contributed by atoms with Crippen LogP contribution >= 0.6 is 11.3 Å². The van der Waals surface area contributed by atoms with E-state index in [1.165, 1.54) is 41.0 Å². The second kappa shape index (κ2) is 5.85.